The minimum atomic E-state index is -0.391. The standard InChI is InChI=1S/C15H11FN2O/c1-10-3-2-4-11(5-10)15-7-14(18-19-15)12-6-13(16)9-17-8-12/h2-9H,1H3. The third-order valence-corrected chi connectivity index (χ3v) is 2.81. The second-order valence-corrected chi connectivity index (χ2v) is 4.34. The first-order valence-electron chi connectivity index (χ1n) is 5.87. The maximum atomic E-state index is 13.1. The number of hydrogen-bond acceptors (Lipinski definition) is 3. The number of rotatable bonds is 2. The van der Waals surface area contributed by atoms with Crippen LogP contribution in [0.15, 0.2) is 53.3 Å². The lowest BCUT2D eigenvalue weighted by Gasteiger charge is -1.96. The molecule has 0 aliphatic heterocycles. The quantitative estimate of drug-likeness (QED) is 0.697. The van der Waals surface area contributed by atoms with Crippen molar-refractivity contribution in [1.82, 2.24) is 10.1 Å². The van der Waals surface area contributed by atoms with Gasteiger partial charge < -0.3 is 4.52 Å². The van der Waals surface area contributed by atoms with Gasteiger partial charge in [-0.05, 0) is 19.1 Å². The maximum absolute atomic E-state index is 13.1. The van der Waals surface area contributed by atoms with Gasteiger partial charge in [0.2, 0.25) is 0 Å². The summed E-state index contributed by atoms with van der Waals surface area (Å²) >= 11 is 0. The van der Waals surface area contributed by atoms with Crippen LogP contribution in [-0.2, 0) is 0 Å². The maximum Gasteiger partial charge on any atom is 0.167 e. The minimum absolute atomic E-state index is 0.391. The van der Waals surface area contributed by atoms with Gasteiger partial charge in [-0.25, -0.2) is 4.39 Å². The number of aryl methyl sites for hydroxylation is 1. The molecule has 2 aromatic heterocycles. The molecule has 0 spiro atoms. The van der Waals surface area contributed by atoms with Crippen LogP contribution in [0.25, 0.3) is 22.6 Å². The van der Waals surface area contributed by atoms with E-state index in [2.05, 4.69) is 10.1 Å². The Hall–Kier alpha value is -2.49. The molecule has 0 amide bonds. The van der Waals surface area contributed by atoms with E-state index in [9.17, 15) is 4.39 Å². The Kier molecular flexibility index (Phi) is 2.83. The van der Waals surface area contributed by atoms with Crippen molar-refractivity contribution in [2.45, 2.75) is 6.92 Å². The van der Waals surface area contributed by atoms with E-state index in [4.69, 9.17) is 4.52 Å². The molecule has 2 heterocycles. The fraction of sp³-hybridized carbons (Fsp3) is 0.0667. The molecule has 0 N–H and O–H groups in total. The summed E-state index contributed by atoms with van der Waals surface area (Å²) in [5, 5.41) is 3.95. The number of halogens is 1. The van der Waals surface area contributed by atoms with Gasteiger partial charge in [0, 0.05) is 23.4 Å². The van der Waals surface area contributed by atoms with Crippen molar-refractivity contribution in [2.75, 3.05) is 0 Å². The molecular formula is C15H11FN2O. The minimum Gasteiger partial charge on any atom is -0.356 e. The van der Waals surface area contributed by atoms with Crippen LogP contribution in [0.5, 0.6) is 0 Å². The van der Waals surface area contributed by atoms with Crippen molar-refractivity contribution in [3.63, 3.8) is 0 Å². The zero-order valence-electron chi connectivity index (χ0n) is 10.3. The van der Waals surface area contributed by atoms with Gasteiger partial charge in [-0.3, -0.25) is 4.98 Å². The van der Waals surface area contributed by atoms with Gasteiger partial charge in [-0.2, -0.15) is 0 Å². The van der Waals surface area contributed by atoms with Gasteiger partial charge >= 0.3 is 0 Å². The second-order valence-electron chi connectivity index (χ2n) is 4.34. The van der Waals surface area contributed by atoms with Crippen LogP contribution in [0.2, 0.25) is 0 Å². The summed E-state index contributed by atoms with van der Waals surface area (Å²) in [6, 6.07) is 11.1. The Morgan fingerprint density at radius 2 is 1.95 bits per heavy atom. The Labute approximate surface area is 109 Å². The Morgan fingerprint density at radius 3 is 2.74 bits per heavy atom. The first-order chi connectivity index (χ1) is 9.22. The molecule has 3 nitrogen and oxygen atoms in total. The van der Waals surface area contributed by atoms with Crippen molar-refractivity contribution in [3.8, 4) is 22.6 Å². The van der Waals surface area contributed by atoms with E-state index >= 15 is 0 Å². The largest absolute Gasteiger partial charge is 0.356 e. The molecule has 0 saturated heterocycles. The Morgan fingerprint density at radius 1 is 1.05 bits per heavy atom. The Bertz CT molecular complexity index is 661. The molecule has 4 heteroatoms. The number of aromatic nitrogens is 2. The van der Waals surface area contributed by atoms with Crippen molar-refractivity contribution in [3.05, 3.63) is 60.2 Å². The smallest absolute Gasteiger partial charge is 0.167 e. The van der Waals surface area contributed by atoms with E-state index < -0.39 is 5.82 Å². The number of pyridine rings is 1. The highest BCUT2D eigenvalue weighted by molar-refractivity contribution is 5.66. The van der Waals surface area contributed by atoms with Gasteiger partial charge in [0.25, 0.3) is 0 Å². The molecule has 0 aliphatic carbocycles. The van der Waals surface area contributed by atoms with Crippen molar-refractivity contribution in [2.24, 2.45) is 0 Å². The van der Waals surface area contributed by atoms with E-state index in [1.165, 1.54) is 6.07 Å². The topological polar surface area (TPSA) is 38.9 Å². The molecular weight excluding hydrogens is 243 g/mol. The zero-order chi connectivity index (χ0) is 13.2. The van der Waals surface area contributed by atoms with E-state index in [0.29, 0.717) is 17.0 Å². The summed E-state index contributed by atoms with van der Waals surface area (Å²) in [5.41, 5.74) is 3.26. The summed E-state index contributed by atoms with van der Waals surface area (Å²) in [7, 11) is 0. The molecule has 0 atom stereocenters. The number of benzene rings is 1. The molecule has 1 aromatic carbocycles. The lowest BCUT2D eigenvalue weighted by atomic mass is 10.1. The van der Waals surface area contributed by atoms with Crippen molar-refractivity contribution < 1.29 is 8.91 Å². The van der Waals surface area contributed by atoms with Gasteiger partial charge in [0.05, 0.1) is 6.20 Å². The number of hydrogen-bond donors (Lipinski definition) is 0. The molecule has 3 rings (SSSR count). The van der Waals surface area contributed by atoms with Crippen LogP contribution in [0, 0.1) is 12.7 Å². The second kappa shape index (κ2) is 4.65. The first-order valence-corrected chi connectivity index (χ1v) is 5.87. The lowest BCUT2D eigenvalue weighted by Crippen LogP contribution is -1.82. The molecule has 0 bridgehead atoms. The van der Waals surface area contributed by atoms with Crippen LogP contribution in [0.4, 0.5) is 4.39 Å². The van der Waals surface area contributed by atoms with Crippen molar-refractivity contribution >= 4 is 0 Å². The van der Waals surface area contributed by atoms with E-state index in [1.54, 1.807) is 12.3 Å². The summed E-state index contributed by atoms with van der Waals surface area (Å²) in [5.74, 6) is 0.264. The molecule has 19 heavy (non-hydrogen) atoms. The van der Waals surface area contributed by atoms with Crippen LogP contribution >= 0.6 is 0 Å². The molecule has 0 unspecified atom stereocenters. The van der Waals surface area contributed by atoms with Gasteiger partial charge in [-0.1, -0.05) is 28.9 Å². The highest BCUT2D eigenvalue weighted by atomic mass is 19.1. The monoisotopic (exact) mass is 254 g/mol. The summed E-state index contributed by atoms with van der Waals surface area (Å²) in [6.45, 7) is 2.01. The molecule has 0 fully saturated rings. The lowest BCUT2D eigenvalue weighted by molar-refractivity contribution is 0.435. The fourth-order valence-corrected chi connectivity index (χ4v) is 1.90. The zero-order valence-corrected chi connectivity index (χ0v) is 10.3. The molecule has 94 valence electrons. The normalized spacial score (nSPS) is 10.6. The molecule has 0 saturated carbocycles. The molecule has 0 radical (unpaired) electrons. The Balaban J connectivity index is 2.00. The predicted molar refractivity (Wildman–Crippen MR) is 69.9 cm³/mol. The van der Waals surface area contributed by atoms with Gasteiger partial charge in [0.15, 0.2) is 5.76 Å². The average molecular weight is 254 g/mol. The van der Waals surface area contributed by atoms with Crippen LogP contribution in [-0.4, -0.2) is 10.1 Å². The third kappa shape index (κ3) is 2.38. The average Bonchev–Trinajstić information content (AvgIpc) is 2.88. The molecule has 3 aromatic rings. The third-order valence-electron chi connectivity index (χ3n) is 2.81. The van der Waals surface area contributed by atoms with E-state index in [0.717, 1.165) is 17.3 Å². The summed E-state index contributed by atoms with van der Waals surface area (Å²) in [6.07, 6.45) is 2.71. The number of nitrogens with zero attached hydrogens (tertiary/aromatic N) is 2. The SMILES string of the molecule is Cc1cccc(-c2cc(-c3cncc(F)c3)no2)c1. The first kappa shape index (κ1) is 11.6. The van der Waals surface area contributed by atoms with Gasteiger partial charge in [-0.15, -0.1) is 0 Å². The summed E-state index contributed by atoms with van der Waals surface area (Å²) in [4.78, 5) is 3.80. The highest BCUT2D eigenvalue weighted by Gasteiger charge is 2.09. The predicted octanol–water partition coefficient (Wildman–Crippen LogP) is 3.85. The fourth-order valence-electron chi connectivity index (χ4n) is 1.90. The van der Waals surface area contributed by atoms with Crippen LogP contribution in [0.1, 0.15) is 5.56 Å². The van der Waals surface area contributed by atoms with Gasteiger partial charge in [0.1, 0.15) is 11.5 Å². The van der Waals surface area contributed by atoms with Crippen LogP contribution < -0.4 is 0 Å². The highest BCUT2D eigenvalue weighted by Crippen LogP contribution is 2.26. The summed E-state index contributed by atoms with van der Waals surface area (Å²) < 4.78 is 18.4. The van der Waals surface area contributed by atoms with Crippen LogP contribution in [0.3, 0.4) is 0 Å². The van der Waals surface area contributed by atoms with Crippen molar-refractivity contribution in [1.29, 1.82) is 0 Å². The molecule has 0 aliphatic rings. The van der Waals surface area contributed by atoms with E-state index in [1.807, 2.05) is 31.2 Å². The van der Waals surface area contributed by atoms with E-state index in [-0.39, 0.29) is 0 Å².